The molecule has 7 nitrogen and oxygen atoms in total. The van der Waals surface area contributed by atoms with E-state index in [1.165, 1.54) is 18.2 Å². The number of hydrogen-bond acceptors (Lipinski definition) is 5. The highest BCUT2D eigenvalue weighted by molar-refractivity contribution is 6.30. The Morgan fingerprint density at radius 3 is 2.73 bits per heavy atom. The first kappa shape index (κ1) is 18.8. The van der Waals surface area contributed by atoms with E-state index in [4.69, 9.17) is 16.3 Å². The third-order valence-electron chi connectivity index (χ3n) is 5.26. The number of hydrogen-bond donors (Lipinski definition) is 3. The number of amides is 1. The molecule has 1 amide bonds. The van der Waals surface area contributed by atoms with Crippen LogP contribution in [0.25, 0.3) is 11.1 Å². The van der Waals surface area contributed by atoms with Crippen LogP contribution >= 0.6 is 11.6 Å². The number of anilines is 3. The van der Waals surface area contributed by atoms with Crippen LogP contribution in [-0.4, -0.2) is 29.1 Å². The standard InChI is InChI=1S/C21H16ClFN4O3/c22-11-1-2-15(23)12(5-11)13-6-17(19(27-21(13)29)10-8-30-9-10)25-16-3-4-24-20-14(16)7-18(28)26-20/h1-6,10H,7-9H2,(H,27,29)(H2,24,25,26,28). The largest absolute Gasteiger partial charge is 0.380 e. The van der Waals surface area contributed by atoms with Gasteiger partial charge in [0.15, 0.2) is 0 Å². The summed E-state index contributed by atoms with van der Waals surface area (Å²) in [5.41, 5.74) is 2.54. The summed E-state index contributed by atoms with van der Waals surface area (Å²) in [5.74, 6) is -0.171. The highest BCUT2D eigenvalue weighted by Crippen LogP contribution is 2.36. The number of pyridine rings is 2. The fourth-order valence-corrected chi connectivity index (χ4v) is 3.83. The van der Waals surface area contributed by atoms with Crippen LogP contribution in [0.4, 0.5) is 21.6 Å². The van der Waals surface area contributed by atoms with Crippen molar-refractivity contribution in [2.24, 2.45) is 0 Å². The first-order valence-electron chi connectivity index (χ1n) is 9.35. The van der Waals surface area contributed by atoms with Crippen molar-refractivity contribution in [3.05, 3.63) is 69.0 Å². The molecule has 2 aliphatic rings. The quantitative estimate of drug-likeness (QED) is 0.592. The number of rotatable bonds is 4. The predicted octanol–water partition coefficient (Wildman–Crippen LogP) is 3.58. The molecule has 30 heavy (non-hydrogen) atoms. The van der Waals surface area contributed by atoms with E-state index < -0.39 is 11.4 Å². The van der Waals surface area contributed by atoms with Crippen molar-refractivity contribution in [1.29, 1.82) is 0 Å². The monoisotopic (exact) mass is 426 g/mol. The second-order valence-electron chi connectivity index (χ2n) is 7.23. The Morgan fingerprint density at radius 2 is 1.97 bits per heavy atom. The Morgan fingerprint density at radius 1 is 1.13 bits per heavy atom. The molecule has 1 saturated heterocycles. The first-order chi connectivity index (χ1) is 14.5. The summed E-state index contributed by atoms with van der Waals surface area (Å²) in [4.78, 5) is 31.6. The molecule has 0 atom stereocenters. The minimum Gasteiger partial charge on any atom is -0.380 e. The van der Waals surface area contributed by atoms with Crippen LogP contribution in [0.3, 0.4) is 0 Å². The second kappa shape index (κ2) is 7.23. The maximum absolute atomic E-state index is 14.4. The number of nitrogens with one attached hydrogen (secondary N) is 3. The van der Waals surface area contributed by atoms with Gasteiger partial charge in [-0.2, -0.15) is 0 Å². The number of halogens is 2. The molecule has 5 rings (SSSR count). The van der Waals surface area contributed by atoms with Crippen LogP contribution in [0.1, 0.15) is 17.2 Å². The second-order valence-corrected chi connectivity index (χ2v) is 7.67. The van der Waals surface area contributed by atoms with E-state index in [0.29, 0.717) is 41.1 Å². The zero-order valence-electron chi connectivity index (χ0n) is 15.6. The van der Waals surface area contributed by atoms with Gasteiger partial charge in [0.05, 0.1) is 30.9 Å². The fourth-order valence-electron chi connectivity index (χ4n) is 3.65. The van der Waals surface area contributed by atoms with E-state index in [1.807, 2.05) is 0 Å². The highest BCUT2D eigenvalue weighted by atomic mass is 35.5. The Kier molecular flexibility index (Phi) is 4.52. The van der Waals surface area contributed by atoms with Crippen molar-refractivity contribution in [3.8, 4) is 11.1 Å². The summed E-state index contributed by atoms with van der Waals surface area (Å²) in [5, 5.41) is 6.34. The van der Waals surface area contributed by atoms with Gasteiger partial charge < -0.3 is 20.4 Å². The summed E-state index contributed by atoms with van der Waals surface area (Å²) in [6, 6.07) is 7.44. The fraction of sp³-hybridized carbons (Fsp3) is 0.190. The molecule has 0 spiro atoms. The van der Waals surface area contributed by atoms with Gasteiger partial charge in [-0.05, 0) is 30.3 Å². The van der Waals surface area contributed by atoms with Crippen molar-refractivity contribution < 1.29 is 13.9 Å². The molecule has 3 N–H and O–H groups in total. The average Bonchev–Trinajstić information content (AvgIpc) is 3.06. The molecule has 0 radical (unpaired) electrons. The molecule has 0 saturated carbocycles. The smallest absolute Gasteiger partial charge is 0.256 e. The maximum atomic E-state index is 14.4. The molecule has 2 aromatic heterocycles. The number of aromatic nitrogens is 2. The molecule has 4 heterocycles. The van der Waals surface area contributed by atoms with E-state index in [2.05, 4.69) is 20.6 Å². The van der Waals surface area contributed by atoms with Crippen molar-refractivity contribution in [2.75, 3.05) is 23.8 Å². The molecule has 152 valence electrons. The summed E-state index contributed by atoms with van der Waals surface area (Å²) >= 11 is 6.02. The van der Waals surface area contributed by atoms with Crippen LogP contribution in [0.2, 0.25) is 5.02 Å². The van der Waals surface area contributed by atoms with Crippen LogP contribution in [0, 0.1) is 5.82 Å². The first-order valence-corrected chi connectivity index (χ1v) is 9.72. The van der Waals surface area contributed by atoms with Gasteiger partial charge in [-0.3, -0.25) is 9.59 Å². The third kappa shape index (κ3) is 3.24. The number of ether oxygens (including phenoxy) is 1. The molecule has 1 fully saturated rings. The number of carbonyl (C=O) groups excluding carboxylic acids is 1. The molecule has 2 aliphatic heterocycles. The Balaban J connectivity index is 1.64. The summed E-state index contributed by atoms with van der Waals surface area (Å²) < 4.78 is 19.7. The van der Waals surface area contributed by atoms with Crippen molar-refractivity contribution in [2.45, 2.75) is 12.3 Å². The van der Waals surface area contributed by atoms with Crippen molar-refractivity contribution in [3.63, 3.8) is 0 Å². The van der Waals surface area contributed by atoms with Gasteiger partial charge in [-0.25, -0.2) is 9.37 Å². The minimum atomic E-state index is -0.546. The molecular formula is C21H16ClFN4O3. The Labute approximate surface area is 175 Å². The molecular weight excluding hydrogens is 411 g/mol. The van der Waals surface area contributed by atoms with Crippen molar-refractivity contribution in [1.82, 2.24) is 9.97 Å². The molecule has 3 aromatic rings. The van der Waals surface area contributed by atoms with E-state index in [0.717, 1.165) is 5.56 Å². The molecule has 9 heteroatoms. The lowest BCUT2D eigenvalue weighted by Gasteiger charge is -2.28. The number of benzene rings is 1. The van der Waals surface area contributed by atoms with Crippen LogP contribution in [0.15, 0.2) is 41.3 Å². The normalized spacial score (nSPS) is 15.5. The van der Waals surface area contributed by atoms with Crippen LogP contribution < -0.4 is 16.2 Å². The topological polar surface area (TPSA) is 96.1 Å². The van der Waals surface area contributed by atoms with E-state index in [-0.39, 0.29) is 29.4 Å². The minimum absolute atomic E-state index is 0.00750. The molecule has 0 bridgehead atoms. The predicted molar refractivity (Wildman–Crippen MR) is 111 cm³/mol. The summed E-state index contributed by atoms with van der Waals surface area (Å²) in [6.45, 7) is 0.952. The van der Waals surface area contributed by atoms with E-state index in [1.54, 1.807) is 18.3 Å². The van der Waals surface area contributed by atoms with Gasteiger partial charge in [0.2, 0.25) is 5.91 Å². The zero-order chi connectivity index (χ0) is 20.8. The number of nitrogens with zero attached hydrogens (tertiary/aromatic N) is 1. The molecule has 1 aromatic carbocycles. The van der Waals surface area contributed by atoms with Crippen molar-refractivity contribution >= 4 is 34.7 Å². The number of H-pyrrole nitrogens is 1. The SMILES string of the molecule is O=C1Cc2c(Nc3cc(-c4cc(Cl)ccc4F)c(=O)[nH]c3C3COC3)ccnc2N1. The molecule has 0 unspecified atom stereocenters. The van der Waals surface area contributed by atoms with Gasteiger partial charge in [-0.1, -0.05) is 11.6 Å². The van der Waals surface area contributed by atoms with Gasteiger partial charge >= 0.3 is 0 Å². The van der Waals surface area contributed by atoms with Crippen LogP contribution in [-0.2, 0) is 16.0 Å². The van der Waals surface area contributed by atoms with Gasteiger partial charge in [0, 0.05) is 39.6 Å². The lowest BCUT2D eigenvalue weighted by atomic mass is 9.98. The zero-order valence-corrected chi connectivity index (χ0v) is 16.3. The lowest BCUT2D eigenvalue weighted by Crippen LogP contribution is -2.29. The lowest BCUT2D eigenvalue weighted by molar-refractivity contribution is -0.115. The molecule has 0 aliphatic carbocycles. The Hall–Kier alpha value is -3.23. The van der Waals surface area contributed by atoms with E-state index >= 15 is 0 Å². The van der Waals surface area contributed by atoms with Crippen LogP contribution in [0.5, 0.6) is 0 Å². The third-order valence-corrected chi connectivity index (χ3v) is 5.49. The van der Waals surface area contributed by atoms with Gasteiger partial charge in [0.1, 0.15) is 11.6 Å². The summed E-state index contributed by atoms with van der Waals surface area (Å²) in [7, 11) is 0. The summed E-state index contributed by atoms with van der Waals surface area (Å²) in [6.07, 6.45) is 1.79. The number of fused-ring (bicyclic) bond motifs is 1. The average molecular weight is 427 g/mol. The Bertz CT molecular complexity index is 1240. The van der Waals surface area contributed by atoms with Gasteiger partial charge in [0.25, 0.3) is 5.56 Å². The van der Waals surface area contributed by atoms with E-state index in [9.17, 15) is 14.0 Å². The highest BCUT2D eigenvalue weighted by Gasteiger charge is 2.27. The maximum Gasteiger partial charge on any atom is 0.256 e. The number of aromatic amines is 1. The van der Waals surface area contributed by atoms with Gasteiger partial charge in [-0.15, -0.1) is 0 Å². The number of carbonyl (C=O) groups is 1.